The van der Waals surface area contributed by atoms with Crippen LogP contribution in [-0.2, 0) is 0 Å². The lowest BCUT2D eigenvalue weighted by molar-refractivity contribution is 0.0990. The average molecular weight is 402 g/mol. The molecule has 0 unspecified atom stereocenters. The Morgan fingerprint density at radius 2 is 1.50 bits per heavy atom. The number of hydrogen-bond acceptors (Lipinski definition) is 5. The van der Waals surface area contributed by atoms with Crippen molar-refractivity contribution < 1.29 is 9.59 Å². The Bertz CT molecular complexity index is 1230. The van der Waals surface area contributed by atoms with Crippen molar-refractivity contribution in [1.82, 2.24) is 4.98 Å². The topological polar surface area (TPSA) is 47.0 Å². The SMILES string of the molecule is Cc1ccc(C)c2c1C(=O)C(=Cc1nc3sc(-c4ccccc4)cc3s1)C2=O. The molecule has 0 saturated carbocycles. The fourth-order valence-electron chi connectivity index (χ4n) is 3.58. The maximum absolute atomic E-state index is 12.9. The number of ketones is 2. The summed E-state index contributed by atoms with van der Waals surface area (Å²) in [6.07, 6.45) is 1.66. The third-order valence-corrected chi connectivity index (χ3v) is 7.15. The number of Topliss-reactive ketones (excluding diaryl/α,β-unsaturated/α-hetero) is 2. The lowest BCUT2D eigenvalue weighted by Crippen LogP contribution is -2.00. The molecule has 0 atom stereocenters. The van der Waals surface area contributed by atoms with Crippen molar-refractivity contribution in [3.63, 3.8) is 0 Å². The van der Waals surface area contributed by atoms with Gasteiger partial charge in [0.1, 0.15) is 9.84 Å². The highest BCUT2D eigenvalue weighted by atomic mass is 32.1. The van der Waals surface area contributed by atoms with Gasteiger partial charge in [0.2, 0.25) is 0 Å². The van der Waals surface area contributed by atoms with Gasteiger partial charge < -0.3 is 0 Å². The van der Waals surface area contributed by atoms with Crippen LogP contribution < -0.4 is 0 Å². The maximum Gasteiger partial charge on any atom is 0.198 e. The number of benzene rings is 2. The summed E-state index contributed by atoms with van der Waals surface area (Å²) < 4.78 is 1.07. The van der Waals surface area contributed by atoms with Crippen molar-refractivity contribution in [1.29, 1.82) is 0 Å². The van der Waals surface area contributed by atoms with Gasteiger partial charge in [-0.3, -0.25) is 9.59 Å². The van der Waals surface area contributed by atoms with E-state index in [1.807, 2.05) is 44.2 Å². The number of thiazole rings is 1. The molecular weight excluding hydrogens is 386 g/mol. The second-order valence-corrected chi connectivity index (χ2v) is 8.96. The maximum atomic E-state index is 12.9. The van der Waals surface area contributed by atoms with Crippen LogP contribution in [0.15, 0.2) is 54.1 Å². The summed E-state index contributed by atoms with van der Waals surface area (Å²) in [4.78, 5) is 32.5. The highest BCUT2D eigenvalue weighted by Gasteiger charge is 2.35. The van der Waals surface area contributed by atoms with E-state index in [-0.39, 0.29) is 17.1 Å². The van der Waals surface area contributed by atoms with Gasteiger partial charge in [-0.1, -0.05) is 42.5 Å². The van der Waals surface area contributed by atoms with E-state index in [4.69, 9.17) is 0 Å². The van der Waals surface area contributed by atoms with Gasteiger partial charge in [-0.2, -0.15) is 0 Å². The van der Waals surface area contributed by atoms with Gasteiger partial charge in [-0.15, -0.1) is 22.7 Å². The molecule has 0 fully saturated rings. The zero-order chi connectivity index (χ0) is 19.4. The van der Waals surface area contributed by atoms with Gasteiger partial charge in [0.05, 0.1) is 10.3 Å². The standard InChI is InChI=1S/C23H15NO2S2/c1-12-8-9-13(2)20-19(12)21(25)15(22(20)26)10-18-24-23-17(27-18)11-16(28-23)14-6-4-3-5-7-14/h3-11H,1-2H3. The lowest BCUT2D eigenvalue weighted by atomic mass is 9.99. The normalized spacial score (nSPS) is 13.4. The van der Waals surface area contributed by atoms with Crippen LogP contribution in [0, 0.1) is 13.8 Å². The molecule has 1 aliphatic carbocycles. The first-order valence-corrected chi connectivity index (χ1v) is 10.5. The Morgan fingerprint density at radius 1 is 0.857 bits per heavy atom. The first-order valence-electron chi connectivity index (χ1n) is 8.90. The van der Waals surface area contributed by atoms with Crippen molar-refractivity contribution in [2.75, 3.05) is 0 Å². The molecule has 5 heteroatoms. The third kappa shape index (κ3) is 2.58. The van der Waals surface area contributed by atoms with Crippen molar-refractivity contribution in [2.24, 2.45) is 0 Å². The fourth-order valence-corrected chi connectivity index (χ4v) is 5.75. The third-order valence-electron chi connectivity index (χ3n) is 5.00. The van der Waals surface area contributed by atoms with Gasteiger partial charge >= 0.3 is 0 Å². The summed E-state index contributed by atoms with van der Waals surface area (Å²) >= 11 is 3.13. The molecule has 0 aliphatic heterocycles. The molecule has 2 aromatic carbocycles. The molecule has 0 spiro atoms. The van der Waals surface area contributed by atoms with E-state index < -0.39 is 0 Å². The van der Waals surface area contributed by atoms with Crippen molar-refractivity contribution in [2.45, 2.75) is 13.8 Å². The van der Waals surface area contributed by atoms with E-state index >= 15 is 0 Å². The van der Waals surface area contributed by atoms with Crippen LogP contribution in [0.25, 0.3) is 26.0 Å². The minimum atomic E-state index is -0.190. The van der Waals surface area contributed by atoms with Crippen molar-refractivity contribution in [3.05, 3.63) is 81.4 Å². The van der Waals surface area contributed by atoms with E-state index in [2.05, 4.69) is 23.2 Å². The van der Waals surface area contributed by atoms with E-state index in [9.17, 15) is 9.59 Å². The van der Waals surface area contributed by atoms with E-state index in [1.165, 1.54) is 21.8 Å². The van der Waals surface area contributed by atoms with Gasteiger partial charge in [-0.25, -0.2) is 4.98 Å². The molecular formula is C23H15NO2S2. The second-order valence-electron chi connectivity index (χ2n) is 6.86. The number of carbonyl (C=O) groups excluding carboxylic acids is 2. The number of aryl methyl sites for hydroxylation is 2. The molecule has 0 saturated heterocycles. The van der Waals surface area contributed by atoms with E-state index in [1.54, 1.807) is 17.4 Å². The molecule has 28 heavy (non-hydrogen) atoms. The largest absolute Gasteiger partial charge is 0.288 e. The van der Waals surface area contributed by atoms with Crippen LogP contribution in [0.1, 0.15) is 36.9 Å². The minimum Gasteiger partial charge on any atom is -0.288 e. The smallest absolute Gasteiger partial charge is 0.198 e. The number of thiophene rings is 1. The second kappa shape index (κ2) is 6.33. The minimum absolute atomic E-state index is 0.190. The lowest BCUT2D eigenvalue weighted by Gasteiger charge is -2.03. The van der Waals surface area contributed by atoms with Crippen LogP contribution in [0.5, 0.6) is 0 Å². The number of allylic oxidation sites excluding steroid dienone is 1. The summed E-state index contributed by atoms with van der Waals surface area (Å²) in [5, 5.41) is 0.695. The summed E-state index contributed by atoms with van der Waals surface area (Å²) in [6.45, 7) is 3.74. The molecule has 3 nitrogen and oxygen atoms in total. The molecule has 5 rings (SSSR count). The predicted molar refractivity (Wildman–Crippen MR) is 115 cm³/mol. The Balaban J connectivity index is 1.55. The first kappa shape index (κ1) is 17.2. The summed E-state index contributed by atoms with van der Waals surface area (Å²) in [5.74, 6) is -0.380. The van der Waals surface area contributed by atoms with Crippen LogP contribution in [0.2, 0.25) is 0 Å². The number of hydrogen-bond donors (Lipinski definition) is 0. The quantitative estimate of drug-likeness (QED) is 0.301. The van der Waals surface area contributed by atoms with Gasteiger partial charge in [0.15, 0.2) is 11.6 Å². The summed E-state index contributed by atoms with van der Waals surface area (Å²) in [5.41, 5.74) is 4.16. The van der Waals surface area contributed by atoms with Crippen LogP contribution in [-0.4, -0.2) is 16.6 Å². The number of rotatable bonds is 2. The zero-order valence-electron chi connectivity index (χ0n) is 15.3. The monoisotopic (exact) mass is 401 g/mol. The molecule has 136 valence electrons. The molecule has 1 aliphatic rings. The van der Waals surface area contributed by atoms with Crippen molar-refractivity contribution in [3.8, 4) is 10.4 Å². The first-order chi connectivity index (χ1) is 13.5. The Kier molecular flexibility index (Phi) is 3.89. The average Bonchev–Trinajstić information content (AvgIpc) is 3.32. The molecule has 2 aromatic heterocycles. The van der Waals surface area contributed by atoms with E-state index in [0.717, 1.165) is 20.7 Å². The Morgan fingerprint density at radius 3 is 2.11 bits per heavy atom. The van der Waals surface area contributed by atoms with Crippen LogP contribution in [0.3, 0.4) is 0 Å². The van der Waals surface area contributed by atoms with Gasteiger partial charge in [-0.05, 0) is 42.7 Å². The van der Waals surface area contributed by atoms with Gasteiger partial charge in [0.25, 0.3) is 0 Å². The predicted octanol–water partition coefficient (Wildman–Crippen LogP) is 6.10. The van der Waals surface area contributed by atoms with Crippen LogP contribution in [0.4, 0.5) is 0 Å². The number of carbonyl (C=O) groups is 2. The summed E-state index contributed by atoms with van der Waals surface area (Å²) in [6, 6.07) is 16.1. The Labute approximate surface area is 170 Å². The molecule has 2 heterocycles. The highest BCUT2D eigenvalue weighted by molar-refractivity contribution is 7.29. The fraction of sp³-hybridized carbons (Fsp3) is 0.0870. The highest BCUT2D eigenvalue weighted by Crippen LogP contribution is 2.38. The molecule has 0 N–H and O–H groups in total. The molecule has 0 bridgehead atoms. The molecule has 4 aromatic rings. The molecule has 0 amide bonds. The Hall–Kier alpha value is -2.89. The number of fused-ring (bicyclic) bond motifs is 2. The van der Waals surface area contributed by atoms with Gasteiger partial charge in [0, 0.05) is 16.0 Å². The van der Waals surface area contributed by atoms with Crippen molar-refractivity contribution >= 4 is 49.8 Å². The summed E-state index contributed by atoms with van der Waals surface area (Å²) in [7, 11) is 0. The molecule has 0 radical (unpaired) electrons. The van der Waals surface area contributed by atoms with E-state index in [0.29, 0.717) is 16.1 Å². The number of nitrogens with zero attached hydrogens (tertiary/aromatic N) is 1. The van der Waals surface area contributed by atoms with Crippen LogP contribution >= 0.6 is 22.7 Å². The number of aromatic nitrogens is 1. The zero-order valence-corrected chi connectivity index (χ0v) is 16.9.